The van der Waals surface area contributed by atoms with Gasteiger partial charge in [-0.2, -0.15) is 0 Å². The van der Waals surface area contributed by atoms with Crippen LogP contribution in [-0.4, -0.2) is 52.3 Å². The fourth-order valence-electron chi connectivity index (χ4n) is 4.91. The number of nitrogens with one attached hydrogen (secondary N) is 1. The molecule has 0 spiro atoms. The largest absolute Gasteiger partial charge is 0.337 e. The summed E-state index contributed by atoms with van der Waals surface area (Å²) in [7, 11) is 0. The van der Waals surface area contributed by atoms with E-state index in [1.165, 1.54) is 0 Å². The number of hydrogen-bond donors (Lipinski definition) is 1. The maximum atomic E-state index is 12.8. The zero-order valence-corrected chi connectivity index (χ0v) is 20.7. The zero-order valence-electron chi connectivity index (χ0n) is 19.9. The smallest absolute Gasteiger partial charge is 0.257 e. The van der Waals surface area contributed by atoms with Crippen LogP contribution >= 0.6 is 11.6 Å². The molecule has 1 aliphatic heterocycles. The Balaban J connectivity index is 1.41. The van der Waals surface area contributed by atoms with E-state index in [4.69, 9.17) is 11.6 Å². The second-order valence-corrected chi connectivity index (χ2v) is 10.2. The summed E-state index contributed by atoms with van der Waals surface area (Å²) in [5.41, 5.74) is 4.18. The second kappa shape index (κ2) is 9.82. The first-order valence-electron chi connectivity index (χ1n) is 11.8. The van der Waals surface area contributed by atoms with E-state index in [9.17, 15) is 9.59 Å². The number of nitrogens with zero attached hydrogens (tertiary/aromatic N) is 3. The first-order chi connectivity index (χ1) is 15.7. The topological polar surface area (TPSA) is 65.5 Å². The number of amides is 2. The highest BCUT2D eigenvalue weighted by Gasteiger charge is 2.37. The maximum absolute atomic E-state index is 12.8. The number of pyridine rings is 1. The molecular formula is C26H33ClN4O2. The normalized spacial score (nSPS) is 23.2. The Morgan fingerprint density at radius 2 is 1.91 bits per heavy atom. The molecule has 1 saturated carbocycles. The third-order valence-corrected chi connectivity index (χ3v) is 7.23. The van der Waals surface area contributed by atoms with Gasteiger partial charge in [-0.3, -0.25) is 19.5 Å². The van der Waals surface area contributed by atoms with Crippen molar-refractivity contribution >= 4 is 29.1 Å². The van der Waals surface area contributed by atoms with E-state index in [0.717, 1.165) is 55.8 Å². The van der Waals surface area contributed by atoms with E-state index >= 15 is 0 Å². The lowest BCUT2D eigenvalue weighted by molar-refractivity contribution is -0.144. The molecule has 1 atom stereocenters. The van der Waals surface area contributed by atoms with Gasteiger partial charge in [-0.1, -0.05) is 18.5 Å². The number of rotatable bonds is 5. The van der Waals surface area contributed by atoms with Gasteiger partial charge in [0.05, 0.1) is 5.56 Å². The second-order valence-electron chi connectivity index (χ2n) is 9.77. The highest BCUT2D eigenvalue weighted by molar-refractivity contribution is 6.31. The van der Waals surface area contributed by atoms with Crippen LogP contribution in [0.3, 0.4) is 0 Å². The summed E-state index contributed by atoms with van der Waals surface area (Å²) < 4.78 is 0. The molecule has 0 radical (unpaired) electrons. The highest BCUT2D eigenvalue weighted by atomic mass is 35.5. The van der Waals surface area contributed by atoms with E-state index in [1.807, 2.05) is 26.0 Å². The number of anilines is 1. The van der Waals surface area contributed by atoms with Gasteiger partial charge in [-0.25, -0.2) is 0 Å². The van der Waals surface area contributed by atoms with Crippen LogP contribution < -0.4 is 5.32 Å². The Morgan fingerprint density at radius 3 is 2.55 bits per heavy atom. The summed E-state index contributed by atoms with van der Waals surface area (Å²) in [6.45, 7) is 11.4. The molecule has 1 saturated heterocycles. The Bertz CT molecular complexity index is 1030. The predicted molar refractivity (Wildman–Crippen MR) is 131 cm³/mol. The first kappa shape index (κ1) is 23.7. The highest BCUT2D eigenvalue weighted by Crippen LogP contribution is 2.35. The Labute approximate surface area is 201 Å². The predicted octanol–water partition coefficient (Wildman–Crippen LogP) is 4.68. The molecule has 0 unspecified atom stereocenters. The average Bonchev–Trinajstić information content (AvgIpc) is 2.75. The monoisotopic (exact) mass is 468 g/mol. The third kappa shape index (κ3) is 5.39. The van der Waals surface area contributed by atoms with Gasteiger partial charge in [-0.15, -0.1) is 0 Å². The molecule has 2 aromatic rings. The van der Waals surface area contributed by atoms with Gasteiger partial charge >= 0.3 is 0 Å². The standard InChI is InChI=1S/C26H33ClN4O2/c1-16-9-21(10-16)26(33)31-8-7-30(14-18(31)3)15-22-11-23(27)12-24(19(22)4)29-25(32)20-6-5-17(2)28-13-20/h5-6,11-13,16,18,21H,7-10,14-15H2,1-4H3,(H,29,32)/t16-,18-,21-/m0/s1. The molecule has 2 aliphatic rings. The summed E-state index contributed by atoms with van der Waals surface area (Å²) in [4.78, 5) is 34.2. The minimum absolute atomic E-state index is 0.190. The van der Waals surface area contributed by atoms with Gasteiger partial charge in [0.25, 0.3) is 5.91 Å². The maximum Gasteiger partial charge on any atom is 0.257 e. The molecule has 7 heteroatoms. The number of aryl methyl sites for hydroxylation is 1. The SMILES string of the molecule is Cc1ccc(C(=O)Nc2cc(Cl)cc(CN3CCN(C(=O)[C@H]4C[C@H](C)C4)[C@@H](C)C3)c2C)cn1. The van der Waals surface area contributed by atoms with Crippen LogP contribution in [0.2, 0.25) is 5.02 Å². The summed E-state index contributed by atoms with van der Waals surface area (Å²) in [6.07, 6.45) is 3.64. The third-order valence-electron chi connectivity index (χ3n) is 7.01. The van der Waals surface area contributed by atoms with E-state index in [0.29, 0.717) is 28.1 Å². The summed E-state index contributed by atoms with van der Waals surface area (Å²) in [6, 6.07) is 7.54. The van der Waals surface area contributed by atoms with Crippen molar-refractivity contribution < 1.29 is 9.59 Å². The van der Waals surface area contributed by atoms with Crippen molar-refractivity contribution in [1.29, 1.82) is 0 Å². The lowest BCUT2D eigenvalue weighted by Crippen LogP contribution is -2.56. The van der Waals surface area contributed by atoms with Crippen molar-refractivity contribution in [3.8, 4) is 0 Å². The van der Waals surface area contributed by atoms with Crippen LogP contribution in [0.25, 0.3) is 0 Å². The number of piperazine rings is 1. The summed E-state index contributed by atoms with van der Waals surface area (Å²) >= 11 is 6.42. The number of carbonyl (C=O) groups is 2. The molecule has 1 N–H and O–H groups in total. The molecule has 4 rings (SSSR count). The quantitative estimate of drug-likeness (QED) is 0.691. The van der Waals surface area contributed by atoms with E-state index in [2.05, 4.69) is 33.9 Å². The number of benzene rings is 1. The lowest BCUT2D eigenvalue weighted by atomic mass is 9.75. The van der Waals surface area contributed by atoms with Crippen LogP contribution in [0.4, 0.5) is 5.69 Å². The van der Waals surface area contributed by atoms with Crippen molar-refractivity contribution in [3.05, 3.63) is 57.9 Å². The number of carbonyl (C=O) groups excluding carboxylic acids is 2. The summed E-state index contributed by atoms with van der Waals surface area (Å²) in [5.74, 6) is 1.03. The molecule has 0 bridgehead atoms. The molecule has 1 aliphatic carbocycles. The van der Waals surface area contributed by atoms with Crippen LogP contribution in [0.5, 0.6) is 0 Å². The van der Waals surface area contributed by atoms with Crippen molar-refractivity contribution in [3.63, 3.8) is 0 Å². The van der Waals surface area contributed by atoms with Crippen molar-refractivity contribution in [2.24, 2.45) is 11.8 Å². The van der Waals surface area contributed by atoms with E-state index in [1.54, 1.807) is 18.3 Å². The van der Waals surface area contributed by atoms with Gasteiger partial charge in [0, 0.05) is 60.7 Å². The van der Waals surface area contributed by atoms with Gasteiger partial charge in [0.15, 0.2) is 0 Å². The number of halogens is 1. The molecule has 6 nitrogen and oxygen atoms in total. The van der Waals surface area contributed by atoms with Crippen LogP contribution in [-0.2, 0) is 11.3 Å². The van der Waals surface area contributed by atoms with Crippen LogP contribution in [0.1, 0.15) is 53.9 Å². The number of aromatic nitrogens is 1. The van der Waals surface area contributed by atoms with Crippen molar-refractivity contribution in [2.45, 2.75) is 53.1 Å². The van der Waals surface area contributed by atoms with Crippen LogP contribution in [0, 0.1) is 25.7 Å². The van der Waals surface area contributed by atoms with Crippen LogP contribution in [0.15, 0.2) is 30.5 Å². The summed E-state index contributed by atoms with van der Waals surface area (Å²) in [5, 5.41) is 3.58. The van der Waals surface area contributed by atoms with Gasteiger partial charge in [0.2, 0.25) is 5.91 Å². The molecule has 1 aromatic heterocycles. The molecule has 1 aromatic carbocycles. The molecule has 33 heavy (non-hydrogen) atoms. The fraction of sp³-hybridized carbons (Fsp3) is 0.500. The first-order valence-corrected chi connectivity index (χ1v) is 12.1. The molecule has 2 heterocycles. The minimum Gasteiger partial charge on any atom is -0.337 e. The van der Waals surface area contributed by atoms with Gasteiger partial charge in [-0.05, 0) is 74.9 Å². The van der Waals surface area contributed by atoms with Gasteiger partial charge in [0.1, 0.15) is 0 Å². The molecule has 176 valence electrons. The lowest BCUT2D eigenvalue weighted by Gasteiger charge is -2.44. The zero-order chi connectivity index (χ0) is 23.7. The van der Waals surface area contributed by atoms with E-state index in [-0.39, 0.29) is 17.9 Å². The van der Waals surface area contributed by atoms with Crippen molar-refractivity contribution in [1.82, 2.24) is 14.8 Å². The molecular weight excluding hydrogens is 436 g/mol. The fourth-order valence-corrected chi connectivity index (χ4v) is 5.15. The van der Waals surface area contributed by atoms with Gasteiger partial charge < -0.3 is 10.2 Å². The Hall–Kier alpha value is -2.44. The Morgan fingerprint density at radius 1 is 1.15 bits per heavy atom. The molecule has 2 amide bonds. The van der Waals surface area contributed by atoms with Crippen molar-refractivity contribution in [2.75, 3.05) is 25.0 Å². The number of hydrogen-bond acceptors (Lipinski definition) is 4. The minimum atomic E-state index is -0.204. The Kier molecular flexibility index (Phi) is 7.05. The average molecular weight is 469 g/mol. The molecule has 2 fully saturated rings. The van der Waals surface area contributed by atoms with E-state index < -0.39 is 0 Å².